The van der Waals surface area contributed by atoms with E-state index >= 15 is 0 Å². The van der Waals surface area contributed by atoms with Crippen molar-refractivity contribution in [2.45, 2.75) is 26.8 Å². The van der Waals surface area contributed by atoms with Crippen molar-refractivity contribution in [2.24, 2.45) is 5.92 Å². The van der Waals surface area contributed by atoms with Crippen molar-refractivity contribution >= 4 is 29.6 Å². The molecule has 1 aromatic carbocycles. The number of aliphatic carboxylic acids is 1. The third-order valence-electron chi connectivity index (χ3n) is 3.03. The summed E-state index contributed by atoms with van der Waals surface area (Å²) in [5.74, 6) is -0.900. The summed E-state index contributed by atoms with van der Waals surface area (Å²) in [5, 5.41) is 11.8. The Morgan fingerprint density at radius 2 is 1.95 bits per heavy atom. The molecule has 0 heterocycles. The average Bonchev–Trinajstić information content (AvgIpc) is 2.36. The molecule has 1 aromatic rings. The number of hydrogen-bond donors (Lipinski definition) is 2. The molecule has 0 fully saturated rings. The second-order valence-electron chi connectivity index (χ2n) is 4.91. The number of halogens is 1. The van der Waals surface area contributed by atoms with Crippen LogP contribution in [0, 0.1) is 5.92 Å². The van der Waals surface area contributed by atoms with Gasteiger partial charge in [0.1, 0.15) is 0 Å². The minimum atomic E-state index is -1.05. The zero-order chi connectivity index (χ0) is 15.3. The zero-order valence-corrected chi connectivity index (χ0v) is 12.4. The molecular weight excluding hydrogens is 278 g/mol. The van der Waals surface area contributed by atoms with Gasteiger partial charge in [-0.05, 0) is 36.6 Å². The largest absolute Gasteiger partial charge is 0.478 e. The van der Waals surface area contributed by atoms with Crippen molar-refractivity contribution in [3.05, 3.63) is 40.4 Å². The number of rotatable bonds is 5. The summed E-state index contributed by atoms with van der Waals surface area (Å²) >= 11 is 6.03. The molecule has 20 heavy (non-hydrogen) atoms. The predicted octanol–water partition coefficient (Wildman–Crippen LogP) is 3.21. The van der Waals surface area contributed by atoms with E-state index in [0.29, 0.717) is 22.1 Å². The first-order chi connectivity index (χ1) is 9.31. The Morgan fingerprint density at radius 3 is 2.45 bits per heavy atom. The van der Waals surface area contributed by atoms with E-state index in [1.807, 2.05) is 20.8 Å². The maximum atomic E-state index is 12.0. The Hall–Kier alpha value is -1.81. The lowest BCUT2D eigenvalue weighted by atomic mass is 10.1. The summed E-state index contributed by atoms with van der Waals surface area (Å²) in [6.07, 6.45) is 2.39. The molecule has 1 atom stereocenters. The minimum Gasteiger partial charge on any atom is -0.478 e. The van der Waals surface area contributed by atoms with Crippen molar-refractivity contribution in [1.29, 1.82) is 0 Å². The third-order valence-corrected chi connectivity index (χ3v) is 3.35. The van der Waals surface area contributed by atoms with Gasteiger partial charge in [0.15, 0.2) is 0 Å². The van der Waals surface area contributed by atoms with Crippen molar-refractivity contribution in [3.63, 3.8) is 0 Å². The van der Waals surface area contributed by atoms with Gasteiger partial charge in [-0.15, -0.1) is 0 Å². The second kappa shape index (κ2) is 7.10. The van der Waals surface area contributed by atoms with Crippen molar-refractivity contribution in [1.82, 2.24) is 5.32 Å². The molecule has 0 saturated carbocycles. The Balaban J connectivity index is 2.86. The van der Waals surface area contributed by atoms with Crippen molar-refractivity contribution in [3.8, 4) is 0 Å². The first-order valence-electron chi connectivity index (χ1n) is 6.32. The first kappa shape index (κ1) is 16.2. The van der Waals surface area contributed by atoms with Crippen LogP contribution in [0.25, 0.3) is 6.08 Å². The van der Waals surface area contributed by atoms with Crippen molar-refractivity contribution < 1.29 is 14.7 Å². The highest BCUT2D eigenvalue weighted by Gasteiger charge is 2.13. The summed E-state index contributed by atoms with van der Waals surface area (Å²) in [6, 6.07) is 4.84. The summed E-state index contributed by atoms with van der Waals surface area (Å²) in [5.41, 5.74) is 1.01. The molecule has 4 nitrogen and oxygen atoms in total. The zero-order valence-electron chi connectivity index (χ0n) is 11.7. The highest BCUT2D eigenvalue weighted by Crippen LogP contribution is 2.19. The minimum absolute atomic E-state index is 0.0628. The van der Waals surface area contributed by atoms with Gasteiger partial charge in [0.05, 0.1) is 0 Å². The lowest BCUT2D eigenvalue weighted by molar-refractivity contribution is -0.131. The van der Waals surface area contributed by atoms with E-state index in [-0.39, 0.29) is 11.9 Å². The maximum absolute atomic E-state index is 12.0. The van der Waals surface area contributed by atoms with E-state index in [2.05, 4.69) is 5.32 Å². The van der Waals surface area contributed by atoms with Gasteiger partial charge in [-0.1, -0.05) is 31.5 Å². The number of carboxylic acids is 1. The molecule has 0 aliphatic rings. The number of nitrogens with one attached hydrogen (secondary N) is 1. The van der Waals surface area contributed by atoms with Crippen LogP contribution in [0.15, 0.2) is 24.3 Å². The van der Waals surface area contributed by atoms with Crippen LogP contribution < -0.4 is 5.32 Å². The summed E-state index contributed by atoms with van der Waals surface area (Å²) < 4.78 is 0. The molecule has 1 unspecified atom stereocenters. The Labute approximate surface area is 123 Å². The molecule has 0 radical (unpaired) electrons. The molecule has 1 rings (SSSR count). The lowest BCUT2D eigenvalue weighted by Crippen LogP contribution is -2.36. The number of carboxylic acid groups (broad SMARTS) is 1. The smallest absolute Gasteiger partial charge is 0.328 e. The van der Waals surface area contributed by atoms with Gasteiger partial charge >= 0.3 is 5.97 Å². The molecule has 5 heteroatoms. The molecular formula is C15H18ClNO3. The van der Waals surface area contributed by atoms with Gasteiger partial charge in [-0.2, -0.15) is 0 Å². The van der Waals surface area contributed by atoms with Crippen LogP contribution in [0.2, 0.25) is 5.02 Å². The van der Waals surface area contributed by atoms with Gasteiger partial charge in [-0.25, -0.2) is 4.79 Å². The van der Waals surface area contributed by atoms with Crippen LogP contribution in [-0.2, 0) is 4.79 Å². The topological polar surface area (TPSA) is 66.4 Å². The van der Waals surface area contributed by atoms with Crippen LogP contribution in [0.5, 0.6) is 0 Å². The normalized spacial score (nSPS) is 12.7. The standard InChI is InChI=1S/C15H18ClNO3/c1-9(2)10(3)17-15(20)12-5-4-11(13(16)8-12)6-7-14(18)19/h4-10H,1-3H3,(H,17,20)(H,18,19)/b7-6+. The predicted molar refractivity (Wildman–Crippen MR) is 79.9 cm³/mol. The highest BCUT2D eigenvalue weighted by atomic mass is 35.5. The quantitative estimate of drug-likeness (QED) is 0.820. The van der Waals surface area contributed by atoms with E-state index in [9.17, 15) is 9.59 Å². The molecule has 0 aliphatic heterocycles. The number of hydrogen-bond acceptors (Lipinski definition) is 2. The van der Waals surface area contributed by atoms with Crippen LogP contribution in [0.1, 0.15) is 36.7 Å². The fraction of sp³-hybridized carbons (Fsp3) is 0.333. The molecule has 0 aromatic heterocycles. The second-order valence-corrected chi connectivity index (χ2v) is 5.32. The number of carbonyl (C=O) groups excluding carboxylic acids is 1. The molecule has 0 bridgehead atoms. The fourth-order valence-electron chi connectivity index (χ4n) is 1.42. The van der Waals surface area contributed by atoms with Gasteiger partial charge in [-0.3, -0.25) is 4.79 Å². The number of benzene rings is 1. The molecule has 0 spiro atoms. The number of amides is 1. The molecule has 2 N–H and O–H groups in total. The first-order valence-corrected chi connectivity index (χ1v) is 6.70. The third kappa shape index (κ3) is 4.70. The van der Waals surface area contributed by atoms with Crippen LogP contribution in [0.3, 0.4) is 0 Å². The van der Waals surface area contributed by atoms with Crippen LogP contribution in [-0.4, -0.2) is 23.0 Å². The average molecular weight is 296 g/mol. The summed E-state index contributed by atoms with van der Waals surface area (Å²) in [4.78, 5) is 22.5. The lowest BCUT2D eigenvalue weighted by Gasteiger charge is -2.17. The molecule has 1 amide bonds. The van der Waals surface area contributed by atoms with Crippen LogP contribution >= 0.6 is 11.6 Å². The Morgan fingerprint density at radius 1 is 1.30 bits per heavy atom. The van der Waals surface area contributed by atoms with E-state index in [0.717, 1.165) is 6.08 Å². The molecule has 0 aliphatic carbocycles. The summed E-state index contributed by atoms with van der Waals surface area (Å²) in [6.45, 7) is 5.99. The van der Waals surface area contributed by atoms with E-state index < -0.39 is 5.97 Å². The van der Waals surface area contributed by atoms with Crippen molar-refractivity contribution in [2.75, 3.05) is 0 Å². The van der Waals surface area contributed by atoms with Gasteiger partial charge in [0, 0.05) is 22.7 Å². The number of carbonyl (C=O) groups is 2. The van der Waals surface area contributed by atoms with Gasteiger partial charge in [0.2, 0.25) is 0 Å². The van der Waals surface area contributed by atoms with E-state index in [1.54, 1.807) is 12.1 Å². The SMILES string of the molecule is CC(C)C(C)NC(=O)c1ccc(/C=C/C(=O)O)c(Cl)c1. The van der Waals surface area contributed by atoms with Crippen LogP contribution in [0.4, 0.5) is 0 Å². The van der Waals surface area contributed by atoms with E-state index in [1.165, 1.54) is 12.1 Å². The fourth-order valence-corrected chi connectivity index (χ4v) is 1.66. The Kier molecular flexibility index (Phi) is 5.77. The Bertz CT molecular complexity index is 538. The molecule has 0 saturated heterocycles. The molecule has 108 valence electrons. The monoisotopic (exact) mass is 295 g/mol. The van der Waals surface area contributed by atoms with Gasteiger partial charge in [0.25, 0.3) is 5.91 Å². The summed E-state index contributed by atoms with van der Waals surface area (Å²) in [7, 11) is 0. The maximum Gasteiger partial charge on any atom is 0.328 e. The van der Waals surface area contributed by atoms with E-state index in [4.69, 9.17) is 16.7 Å². The van der Waals surface area contributed by atoms with Gasteiger partial charge < -0.3 is 10.4 Å². The highest BCUT2D eigenvalue weighted by molar-refractivity contribution is 6.32.